The van der Waals surface area contributed by atoms with Gasteiger partial charge in [-0.2, -0.15) is 5.10 Å². The highest BCUT2D eigenvalue weighted by molar-refractivity contribution is 7.18. The molecule has 0 aliphatic heterocycles. The molecule has 25 heavy (non-hydrogen) atoms. The molecular weight excluding hydrogens is 360 g/mol. The van der Waals surface area contributed by atoms with E-state index in [9.17, 15) is 9.59 Å². The number of hydrogen-bond donors (Lipinski definition) is 1. The fourth-order valence-electron chi connectivity index (χ4n) is 2.34. The lowest BCUT2D eigenvalue weighted by molar-refractivity contribution is -0.121. The summed E-state index contributed by atoms with van der Waals surface area (Å²) < 4.78 is 1.28. The molecule has 1 amide bonds. The van der Waals surface area contributed by atoms with Gasteiger partial charge in [0.15, 0.2) is 0 Å². The number of hydrogen-bond acceptors (Lipinski definition) is 5. The second-order valence-electron chi connectivity index (χ2n) is 5.49. The van der Waals surface area contributed by atoms with Crippen molar-refractivity contribution >= 4 is 45.3 Å². The molecule has 6 nitrogen and oxygen atoms in total. The van der Waals surface area contributed by atoms with Crippen molar-refractivity contribution in [2.45, 2.75) is 20.4 Å². The molecule has 1 aromatic carbocycles. The number of fused-ring (bicyclic) bond motifs is 1. The molecule has 1 N–H and O–H groups in total. The van der Waals surface area contributed by atoms with Crippen LogP contribution in [0.4, 0.5) is 0 Å². The summed E-state index contributed by atoms with van der Waals surface area (Å²) in [6, 6.07) is 7.07. The normalized spacial score (nSPS) is 11.3. The molecule has 2 heterocycles. The summed E-state index contributed by atoms with van der Waals surface area (Å²) in [5.41, 5.74) is 3.85. The Labute approximate surface area is 152 Å². The van der Waals surface area contributed by atoms with Crippen molar-refractivity contribution in [1.29, 1.82) is 0 Å². The Morgan fingerprint density at radius 1 is 1.44 bits per heavy atom. The number of carbonyl (C=O) groups is 1. The first-order valence-corrected chi connectivity index (χ1v) is 8.68. The Balaban J connectivity index is 1.73. The van der Waals surface area contributed by atoms with Crippen molar-refractivity contribution in [2.24, 2.45) is 5.10 Å². The number of aromatic nitrogens is 2. The third kappa shape index (κ3) is 3.78. The van der Waals surface area contributed by atoms with Crippen molar-refractivity contribution in [3.63, 3.8) is 0 Å². The van der Waals surface area contributed by atoms with E-state index in [0.717, 1.165) is 16.0 Å². The molecule has 0 aliphatic rings. The molecule has 0 radical (unpaired) electrons. The number of nitrogens with one attached hydrogen (secondary N) is 1. The lowest BCUT2D eigenvalue weighted by Crippen LogP contribution is -2.30. The van der Waals surface area contributed by atoms with E-state index in [1.54, 1.807) is 18.2 Å². The summed E-state index contributed by atoms with van der Waals surface area (Å²) in [6.07, 6.45) is 2.88. The minimum atomic E-state index is -0.411. The van der Waals surface area contributed by atoms with E-state index >= 15 is 0 Å². The third-order valence-electron chi connectivity index (χ3n) is 3.72. The van der Waals surface area contributed by atoms with Crippen LogP contribution in [0.1, 0.15) is 16.0 Å². The zero-order chi connectivity index (χ0) is 18.0. The van der Waals surface area contributed by atoms with Gasteiger partial charge in [0.2, 0.25) is 0 Å². The quantitative estimate of drug-likeness (QED) is 0.563. The maximum absolute atomic E-state index is 12.5. The fourth-order valence-corrected chi connectivity index (χ4v) is 3.52. The predicted octanol–water partition coefficient (Wildman–Crippen LogP) is 2.88. The number of nitrogens with zero attached hydrogens (tertiary/aromatic N) is 3. The number of halogens is 1. The molecule has 0 bridgehead atoms. The molecule has 3 rings (SSSR count). The van der Waals surface area contributed by atoms with E-state index in [1.165, 1.54) is 28.4 Å². The van der Waals surface area contributed by atoms with E-state index in [-0.39, 0.29) is 12.1 Å². The molecule has 0 spiro atoms. The van der Waals surface area contributed by atoms with Gasteiger partial charge in [0.25, 0.3) is 11.5 Å². The molecule has 0 saturated heterocycles. The molecule has 0 saturated carbocycles. The second-order valence-corrected chi connectivity index (χ2v) is 7.13. The van der Waals surface area contributed by atoms with Crippen LogP contribution in [0.15, 0.2) is 40.5 Å². The van der Waals surface area contributed by atoms with Gasteiger partial charge in [-0.3, -0.25) is 14.2 Å². The molecule has 3 aromatic rings. The Morgan fingerprint density at radius 3 is 3.00 bits per heavy atom. The van der Waals surface area contributed by atoms with Crippen molar-refractivity contribution in [1.82, 2.24) is 15.0 Å². The van der Waals surface area contributed by atoms with Gasteiger partial charge in [-0.05, 0) is 37.1 Å². The first-order chi connectivity index (χ1) is 12.0. The first kappa shape index (κ1) is 17.3. The molecule has 8 heteroatoms. The highest BCUT2D eigenvalue weighted by Crippen LogP contribution is 2.25. The number of hydrazone groups is 1. The van der Waals surface area contributed by atoms with Crippen LogP contribution in [0.2, 0.25) is 5.02 Å². The Morgan fingerprint density at radius 2 is 2.24 bits per heavy atom. The highest BCUT2D eigenvalue weighted by Gasteiger charge is 2.13. The number of benzene rings is 1. The summed E-state index contributed by atoms with van der Waals surface area (Å²) in [6.45, 7) is 3.68. The fraction of sp³-hybridized carbons (Fsp3) is 0.176. The van der Waals surface area contributed by atoms with Crippen LogP contribution in [0.25, 0.3) is 10.2 Å². The minimum Gasteiger partial charge on any atom is -0.289 e. The van der Waals surface area contributed by atoms with Crippen LogP contribution in [-0.2, 0) is 11.3 Å². The summed E-state index contributed by atoms with van der Waals surface area (Å²) in [7, 11) is 0. The topological polar surface area (TPSA) is 76.3 Å². The largest absolute Gasteiger partial charge is 0.289 e. The van der Waals surface area contributed by atoms with Crippen LogP contribution in [0.3, 0.4) is 0 Å². The average molecular weight is 375 g/mol. The van der Waals surface area contributed by atoms with Gasteiger partial charge in [-0.25, -0.2) is 10.4 Å². The molecule has 0 atom stereocenters. The molecule has 128 valence electrons. The number of aryl methyl sites for hydroxylation is 2. The number of amides is 1. The lowest BCUT2D eigenvalue weighted by Gasteiger charge is -2.04. The molecule has 0 fully saturated rings. The SMILES string of the molecule is Cc1sc2ncn(CC(=O)NN=Cc3cccc(Cl)c3)c(=O)c2c1C. The third-order valence-corrected chi connectivity index (χ3v) is 5.07. The van der Waals surface area contributed by atoms with E-state index in [0.29, 0.717) is 15.2 Å². The van der Waals surface area contributed by atoms with Crippen LogP contribution in [0.5, 0.6) is 0 Å². The van der Waals surface area contributed by atoms with E-state index in [4.69, 9.17) is 11.6 Å². The molecule has 2 aromatic heterocycles. The number of carbonyl (C=O) groups excluding carboxylic acids is 1. The van der Waals surface area contributed by atoms with E-state index < -0.39 is 5.91 Å². The van der Waals surface area contributed by atoms with Crippen molar-refractivity contribution < 1.29 is 4.79 Å². The van der Waals surface area contributed by atoms with Gasteiger partial charge < -0.3 is 0 Å². The average Bonchev–Trinajstić information content (AvgIpc) is 2.86. The first-order valence-electron chi connectivity index (χ1n) is 7.48. The molecule has 0 unspecified atom stereocenters. The summed E-state index contributed by atoms with van der Waals surface area (Å²) in [4.78, 5) is 30.5. The minimum absolute atomic E-state index is 0.150. The van der Waals surface area contributed by atoms with Crippen LogP contribution >= 0.6 is 22.9 Å². The van der Waals surface area contributed by atoms with Gasteiger partial charge >= 0.3 is 0 Å². The summed E-state index contributed by atoms with van der Waals surface area (Å²) in [5.74, 6) is -0.411. The monoisotopic (exact) mass is 374 g/mol. The number of thiophene rings is 1. The summed E-state index contributed by atoms with van der Waals surface area (Å²) in [5, 5.41) is 5.03. The number of rotatable bonds is 4. The molecular formula is C17H15ClN4O2S. The highest BCUT2D eigenvalue weighted by atomic mass is 35.5. The van der Waals surface area contributed by atoms with Gasteiger partial charge in [-0.1, -0.05) is 23.7 Å². The van der Waals surface area contributed by atoms with Gasteiger partial charge in [0.05, 0.1) is 17.9 Å². The van der Waals surface area contributed by atoms with Gasteiger partial charge in [0.1, 0.15) is 11.4 Å². The maximum atomic E-state index is 12.5. The molecule has 0 aliphatic carbocycles. The van der Waals surface area contributed by atoms with Crippen LogP contribution in [0, 0.1) is 13.8 Å². The standard InChI is InChI=1S/C17H15ClN4O2S/c1-10-11(2)25-16-15(10)17(24)22(9-19-16)8-14(23)21-20-7-12-4-3-5-13(18)6-12/h3-7,9H,8H2,1-2H3,(H,21,23). The van der Waals surface area contributed by atoms with Crippen molar-refractivity contribution in [3.8, 4) is 0 Å². The van der Waals surface area contributed by atoms with Gasteiger partial charge in [-0.15, -0.1) is 11.3 Å². The Bertz CT molecular complexity index is 1040. The van der Waals surface area contributed by atoms with Crippen molar-refractivity contribution in [3.05, 3.63) is 62.0 Å². The Hall–Kier alpha value is -2.51. The van der Waals surface area contributed by atoms with Crippen LogP contribution in [-0.4, -0.2) is 21.7 Å². The van der Waals surface area contributed by atoms with E-state index in [1.807, 2.05) is 19.9 Å². The lowest BCUT2D eigenvalue weighted by atomic mass is 10.2. The smallest absolute Gasteiger partial charge is 0.262 e. The second kappa shape index (κ2) is 7.16. The van der Waals surface area contributed by atoms with Gasteiger partial charge in [0, 0.05) is 9.90 Å². The summed E-state index contributed by atoms with van der Waals surface area (Å²) >= 11 is 7.35. The predicted molar refractivity (Wildman–Crippen MR) is 101 cm³/mol. The Kier molecular flexibility index (Phi) is 4.96. The zero-order valence-corrected chi connectivity index (χ0v) is 15.2. The maximum Gasteiger partial charge on any atom is 0.262 e. The zero-order valence-electron chi connectivity index (χ0n) is 13.6. The van der Waals surface area contributed by atoms with Crippen LogP contribution < -0.4 is 11.0 Å². The van der Waals surface area contributed by atoms with E-state index in [2.05, 4.69) is 15.5 Å². The van der Waals surface area contributed by atoms with Crippen molar-refractivity contribution in [2.75, 3.05) is 0 Å².